The van der Waals surface area contributed by atoms with Crippen molar-refractivity contribution in [2.45, 2.75) is 25.4 Å². The van der Waals surface area contributed by atoms with Gasteiger partial charge in [-0.2, -0.15) is 0 Å². The second-order valence-electron chi connectivity index (χ2n) is 4.85. The fraction of sp³-hybridized carbons (Fsp3) is 0.250. The molecule has 0 fully saturated rings. The fourth-order valence-electron chi connectivity index (χ4n) is 2.12. The highest BCUT2D eigenvalue weighted by Crippen LogP contribution is 2.30. The van der Waals surface area contributed by atoms with Crippen molar-refractivity contribution in [3.63, 3.8) is 0 Å². The van der Waals surface area contributed by atoms with Crippen LogP contribution in [0.3, 0.4) is 0 Å². The topological polar surface area (TPSA) is 80.9 Å². The zero-order valence-corrected chi connectivity index (χ0v) is 11.1. The van der Waals surface area contributed by atoms with Crippen LogP contribution in [0.2, 0.25) is 0 Å². The molecule has 4 nitrogen and oxygen atoms in total. The number of aliphatic hydroxyl groups is 4. The summed E-state index contributed by atoms with van der Waals surface area (Å²) in [4.78, 5) is 0. The van der Waals surface area contributed by atoms with Gasteiger partial charge in [-0.25, -0.2) is 0 Å². The molecule has 2 aromatic carbocycles. The van der Waals surface area contributed by atoms with Crippen LogP contribution in [0.15, 0.2) is 48.5 Å². The molecule has 4 heteroatoms. The van der Waals surface area contributed by atoms with Crippen molar-refractivity contribution in [3.05, 3.63) is 70.8 Å². The van der Waals surface area contributed by atoms with Crippen LogP contribution in [0.1, 0.15) is 40.8 Å². The summed E-state index contributed by atoms with van der Waals surface area (Å²) in [5.74, 6) is 0. The van der Waals surface area contributed by atoms with Crippen LogP contribution in [0, 0.1) is 6.92 Å². The lowest BCUT2D eigenvalue weighted by molar-refractivity contribution is -0.0428. The Kier molecular flexibility index (Phi) is 4.52. The van der Waals surface area contributed by atoms with E-state index in [1.807, 2.05) is 19.1 Å². The standard InChI is InChI=1S/C16H18O4/c1-10-4-2-5-11(8-10)14(17)15(18)12-6-3-7-13(9-12)16(19)20/h2-9,14-20H,1H3. The summed E-state index contributed by atoms with van der Waals surface area (Å²) >= 11 is 0. The third-order valence-electron chi connectivity index (χ3n) is 3.23. The van der Waals surface area contributed by atoms with E-state index >= 15 is 0 Å². The summed E-state index contributed by atoms with van der Waals surface area (Å²) in [6.07, 6.45) is -3.80. The highest BCUT2D eigenvalue weighted by molar-refractivity contribution is 5.30. The Labute approximate surface area is 117 Å². The molecule has 2 atom stereocenters. The van der Waals surface area contributed by atoms with Gasteiger partial charge in [-0.15, -0.1) is 0 Å². The molecule has 0 saturated carbocycles. The highest BCUT2D eigenvalue weighted by atomic mass is 16.5. The van der Waals surface area contributed by atoms with Crippen LogP contribution in [0.5, 0.6) is 0 Å². The molecular formula is C16H18O4. The number of hydrogen-bond donors (Lipinski definition) is 4. The van der Waals surface area contributed by atoms with E-state index in [-0.39, 0.29) is 5.56 Å². The first-order valence-corrected chi connectivity index (χ1v) is 6.37. The van der Waals surface area contributed by atoms with E-state index in [1.54, 1.807) is 30.3 Å². The number of aryl methyl sites for hydroxylation is 1. The van der Waals surface area contributed by atoms with E-state index in [9.17, 15) is 10.2 Å². The summed E-state index contributed by atoms with van der Waals surface area (Å²) in [5.41, 5.74) is 2.32. The average molecular weight is 274 g/mol. The first-order valence-electron chi connectivity index (χ1n) is 6.37. The van der Waals surface area contributed by atoms with Crippen LogP contribution in [0.25, 0.3) is 0 Å². The molecule has 0 aliphatic rings. The lowest BCUT2D eigenvalue weighted by atomic mass is 9.96. The Hall–Kier alpha value is -1.72. The molecule has 0 saturated heterocycles. The van der Waals surface area contributed by atoms with E-state index < -0.39 is 18.5 Å². The molecule has 4 N–H and O–H groups in total. The maximum absolute atomic E-state index is 10.2. The quantitative estimate of drug-likeness (QED) is 0.640. The minimum Gasteiger partial charge on any atom is -0.385 e. The molecule has 0 radical (unpaired) electrons. The van der Waals surface area contributed by atoms with Gasteiger partial charge in [-0.1, -0.05) is 48.0 Å². The van der Waals surface area contributed by atoms with Crippen LogP contribution in [-0.4, -0.2) is 20.4 Å². The average Bonchev–Trinajstić information content (AvgIpc) is 2.45. The Bertz CT molecular complexity index is 580. The molecule has 0 amide bonds. The normalized spacial score (nSPS) is 14.3. The van der Waals surface area contributed by atoms with Crippen LogP contribution >= 0.6 is 0 Å². The second-order valence-corrected chi connectivity index (χ2v) is 4.85. The predicted octanol–water partition coefficient (Wildman–Crippen LogP) is 1.75. The molecule has 2 rings (SSSR count). The van der Waals surface area contributed by atoms with Crippen LogP contribution < -0.4 is 0 Å². The van der Waals surface area contributed by atoms with Crippen LogP contribution in [0.4, 0.5) is 0 Å². The molecule has 0 aliphatic carbocycles. The summed E-state index contributed by atoms with van der Waals surface area (Å²) < 4.78 is 0. The minimum absolute atomic E-state index is 0.276. The zero-order chi connectivity index (χ0) is 14.7. The van der Waals surface area contributed by atoms with Gasteiger partial charge in [0.05, 0.1) is 0 Å². The van der Waals surface area contributed by atoms with Gasteiger partial charge in [0.2, 0.25) is 0 Å². The zero-order valence-electron chi connectivity index (χ0n) is 11.1. The van der Waals surface area contributed by atoms with Gasteiger partial charge in [-0.3, -0.25) is 0 Å². The molecule has 2 aromatic rings. The maximum Gasteiger partial charge on any atom is 0.178 e. The third kappa shape index (κ3) is 3.23. The summed E-state index contributed by atoms with van der Waals surface area (Å²) in [5, 5.41) is 38.7. The first kappa shape index (κ1) is 14.7. The number of aliphatic hydroxyl groups excluding tert-OH is 3. The molecular weight excluding hydrogens is 256 g/mol. The van der Waals surface area contributed by atoms with Crippen molar-refractivity contribution < 1.29 is 20.4 Å². The SMILES string of the molecule is Cc1cccc(C(O)C(O)c2cccc(C(O)O)c2)c1. The van der Waals surface area contributed by atoms with Gasteiger partial charge >= 0.3 is 0 Å². The first-order chi connectivity index (χ1) is 9.49. The van der Waals surface area contributed by atoms with Gasteiger partial charge in [0.1, 0.15) is 12.2 Å². The Balaban J connectivity index is 2.26. The van der Waals surface area contributed by atoms with Gasteiger partial charge in [0.15, 0.2) is 6.29 Å². The van der Waals surface area contributed by atoms with E-state index in [4.69, 9.17) is 10.2 Å². The van der Waals surface area contributed by atoms with Gasteiger partial charge in [0, 0.05) is 5.56 Å². The number of rotatable bonds is 4. The van der Waals surface area contributed by atoms with Crippen molar-refractivity contribution in [1.82, 2.24) is 0 Å². The Morgan fingerprint density at radius 2 is 1.20 bits per heavy atom. The summed E-state index contributed by atoms with van der Waals surface area (Å²) in [6, 6.07) is 13.5. The monoisotopic (exact) mass is 274 g/mol. The molecule has 0 heterocycles. The lowest BCUT2D eigenvalue weighted by Gasteiger charge is -2.20. The van der Waals surface area contributed by atoms with E-state index in [2.05, 4.69) is 0 Å². The second kappa shape index (κ2) is 6.15. The summed E-state index contributed by atoms with van der Waals surface area (Å²) in [6.45, 7) is 1.91. The summed E-state index contributed by atoms with van der Waals surface area (Å²) in [7, 11) is 0. The number of benzene rings is 2. The minimum atomic E-state index is -1.60. The molecule has 2 unspecified atom stereocenters. The molecule has 0 aliphatic heterocycles. The Morgan fingerprint density at radius 1 is 0.700 bits per heavy atom. The highest BCUT2D eigenvalue weighted by Gasteiger charge is 2.21. The van der Waals surface area contributed by atoms with Gasteiger partial charge in [-0.05, 0) is 24.1 Å². The molecule has 20 heavy (non-hydrogen) atoms. The van der Waals surface area contributed by atoms with Crippen molar-refractivity contribution >= 4 is 0 Å². The van der Waals surface area contributed by atoms with E-state index in [0.717, 1.165) is 5.56 Å². The molecule has 0 aromatic heterocycles. The smallest absolute Gasteiger partial charge is 0.178 e. The van der Waals surface area contributed by atoms with Crippen molar-refractivity contribution in [3.8, 4) is 0 Å². The fourth-order valence-corrected chi connectivity index (χ4v) is 2.12. The van der Waals surface area contributed by atoms with Gasteiger partial charge in [0.25, 0.3) is 0 Å². The Morgan fingerprint density at radius 3 is 1.75 bits per heavy atom. The lowest BCUT2D eigenvalue weighted by Crippen LogP contribution is -2.11. The van der Waals surface area contributed by atoms with Crippen molar-refractivity contribution in [2.24, 2.45) is 0 Å². The van der Waals surface area contributed by atoms with Gasteiger partial charge < -0.3 is 20.4 Å². The van der Waals surface area contributed by atoms with E-state index in [0.29, 0.717) is 11.1 Å². The van der Waals surface area contributed by atoms with Crippen molar-refractivity contribution in [1.29, 1.82) is 0 Å². The molecule has 106 valence electrons. The maximum atomic E-state index is 10.2. The molecule has 0 bridgehead atoms. The predicted molar refractivity (Wildman–Crippen MR) is 74.7 cm³/mol. The van der Waals surface area contributed by atoms with E-state index in [1.165, 1.54) is 6.07 Å². The van der Waals surface area contributed by atoms with Crippen molar-refractivity contribution in [2.75, 3.05) is 0 Å². The van der Waals surface area contributed by atoms with Crippen LogP contribution in [-0.2, 0) is 0 Å². The largest absolute Gasteiger partial charge is 0.385 e. The molecule has 0 spiro atoms. The number of hydrogen-bond acceptors (Lipinski definition) is 4. The third-order valence-corrected chi connectivity index (χ3v) is 3.23.